The number of benzene rings is 2. The van der Waals surface area contributed by atoms with Gasteiger partial charge >= 0.3 is 0 Å². The summed E-state index contributed by atoms with van der Waals surface area (Å²) in [6, 6.07) is 14.0. The van der Waals surface area contributed by atoms with Gasteiger partial charge < -0.3 is 9.84 Å². The third kappa shape index (κ3) is 2.06. The molecule has 90 valence electrons. The average molecular weight is 230 g/mol. The Morgan fingerprint density at radius 2 is 1.76 bits per heavy atom. The number of aliphatic hydroxyl groups is 1. The van der Waals surface area contributed by atoms with E-state index in [2.05, 4.69) is 0 Å². The predicted molar refractivity (Wildman–Crippen MR) is 70.0 cm³/mol. The Morgan fingerprint density at radius 3 is 2.47 bits per heavy atom. The summed E-state index contributed by atoms with van der Waals surface area (Å²) in [4.78, 5) is 0. The van der Waals surface area contributed by atoms with E-state index >= 15 is 0 Å². The van der Waals surface area contributed by atoms with Gasteiger partial charge in [0.15, 0.2) is 0 Å². The van der Waals surface area contributed by atoms with Crippen molar-refractivity contribution in [3.8, 4) is 0 Å². The monoisotopic (exact) mass is 230 g/mol. The van der Waals surface area contributed by atoms with E-state index < -0.39 is 5.60 Å². The van der Waals surface area contributed by atoms with Crippen LogP contribution in [0.5, 0.6) is 0 Å². The Balaban J connectivity index is 2.63. The van der Waals surface area contributed by atoms with E-state index in [0.717, 1.165) is 16.3 Å². The molecule has 1 N–H and O–H groups in total. The third-order valence-corrected chi connectivity index (χ3v) is 3.48. The Bertz CT molecular complexity index is 512. The van der Waals surface area contributed by atoms with Crippen LogP contribution >= 0.6 is 0 Å². The van der Waals surface area contributed by atoms with Gasteiger partial charge in [-0.1, -0.05) is 42.5 Å². The van der Waals surface area contributed by atoms with Gasteiger partial charge in [0, 0.05) is 7.11 Å². The fraction of sp³-hybridized carbons (Fsp3) is 0.333. The molecule has 2 atom stereocenters. The molecule has 0 aliphatic rings. The smallest absolute Gasteiger partial charge is 0.113 e. The topological polar surface area (TPSA) is 29.5 Å². The van der Waals surface area contributed by atoms with Crippen LogP contribution in [0.25, 0.3) is 10.8 Å². The standard InChI is InChI=1S/C15H18O2/c1-11(17-3)15(2,16)14-10-6-8-12-7-4-5-9-13(12)14/h4-11,16H,1-3H3. The van der Waals surface area contributed by atoms with E-state index in [1.165, 1.54) is 0 Å². The molecule has 0 spiro atoms. The van der Waals surface area contributed by atoms with Crippen LogP contribution in [0.15, 0.2) is 42.5 Å². The van der Waals surface area contributed by atoms with Crippen LogP contribution < -0.4 is 0 Å². The highest BCUT2D eigenvalue weighted by Crippen LogP contribution is 2.32. The molecule has 0 amide bonds. The van der Waals surface area contributed by atoms with Crippen LogP contribution in [0.1, 0.15) is 19.4 Å². The number of hydrogen-bond donors (Lipinski definition) is 1. The van der Waals surface area contributed by atoms with E-state index in [4.69, 9.17) is 4.74 Å². The normalized spacial score (nSPS) is 16.7. The molecule has 0 heterocycles. The van der Waals surface area contributed by atoms with Gasteiger partial charge in [-0.2, -0.15) is 0 Å². The first-order valence-electron chi connectivity index (χ1n) is 5.80. The van der Waals surface area contributed by atoms with Crippen molar-refractivity contribution in [2.24, 2.45) is 0 Å². The lowest BCUT2D eigenvalue weighted by Gasteiger charge is -2.30. The van der Waals surface area contributed by atoms with E-state index in [1.54, 1.807) is 14.0 Å². The summed E-state index contributed by atoms with van der Waals surface area (Å²) < 4.78 is 5.27. The molecule has 0 saturated heterocycles. The average Bonchev–Trinajstić information content (AvgIpc) is 2.37. The SMILES string of the molecule is COC(C)C(C)(O)c1cccc2ccccc12. The minimum atomic E-state index is -0.990. The summed E-state index contributed by atoms with van der Waals surface area (Å²) in [5.41, 5.74) is -0.0831. The zero-order valence-electron chi connectivity index (χ0n) is 10.5. The molecule has 0 bridgehead atoms. The minimum absolute atomic E-state index is 0.256. The van der Waals surface area contributed by atoms with Crippen molar-refractivity contribution in [1.29, 1.82) is 0 Å². The molecule has 0 aliphatic heterocycles. The Labute approximate surface area is 102 Å². The van der Waals surface area contributed by atoms with E-state index in [1.807, 2.05) is 49.4 Å². The molecule has 2 aromatic rings. The molecule has 0 aliphatic carbocycles. The fourth-order valence-corrected chi connectivity index (χ4v) is 2.12. The molecule has 17 heavy (non-hydrogen) atoms. The van der Waals surface area contributed by atoms with E-state index in [0.29, 0.717) is 0 Å². The number of fused-ring (bicyclic) bond motifs is 1. The maximum absolute atomic E-state index is 10.6. The molecule has 2 rings (SSSR count). The van der Waals surface area contributed by atoms with Gasteiger partial charge in [-0.15, -0.1) is 0 Å². The second kappa shape index (κ2) is 4.47. The molecule has 2 aromatic carbocycles. The Morgan fingerprint density at radius 1 is 1.12 bits per heavy atom. The maximum Gasteiger partial charge on any atom is 0.113 e. The fourth-order valence-electron chi connectivity index (χ4n) is 2.12. The summed E-state index contributed by atoms with van der Waals surface area (Å²) >= 11 is 0. The van der Waals surface area contributed by atoms with Gasteiger partial charge in [-0.3, -0.25) is 0 Å². The Hall–Kier alpha value is -1.38. The van der Waals surface area contributed by atoms with Gasteiger partial charge in [0.25, 0.3) is 0 Å². The highest BCUT2D eigenvalue weighted by Gasteiger charge is 2.31. The van der Waals surface area contributed by atoms with Crippen LogP contribution in [-0.4, -0.2) is 18.3 Å². The highest BCUT2D eigenvalue weighted by molar-refractivity contribution is 5.86. The van der Waals surface area contributed by atoms with Crippen molar-refractivity contribution in [2.75, 3.05) is 7.11 Å². The summed E-state index contributed by atoms with van der Waals surface area (Å²) in [6.45, 7) is 3.67. The van der Waals surface area contributed by atoms with Gasteiger partial charge in [-0.25, -0.2) is 0 Å². The van der Waals surface area contributed by atoms with E-state index in [-0.39, 0.29) is 6.10 Å². The van der Waals surface area contributed by atoms with Crippen LogP contribution in [0, 0.1) is 0 Å². The van der Waals surface area contributed by atoms with Crippen LogP contribution in [0.4, 0.5) is 0 Å². The summed E-state index contributed by atoms with van der Waals surface area (Å²) in [7, 11) is 1.62. The molecular weight excluding hydrogens is 212 g/mol. The van der Waals surface area contributed by atoms with Crippen molar-refractivity contribution in [3.63, 3.8) is 0 Å². The zero-order valence-corrected chi connectivity index (χ0v) is 10.5. The van der Waals surface area contributed by atoms with Crippen molar-refractivity contribution < 1.29 is 9.84 Å². The van der Waals surface area contributed by atoms with Gasteiger partial charge in [0.2, 0.25) is 0 Å². The van der Waals surface area contributed by atoms with Gasteiger partial charge in [0.1, 0.15) is 5.60 Å². The largest absolute Gasteiger partial charge is 0.383 e. The van der Waals surface area contributed by atoms with Crippen LogP contribution in [0.2, 0.25) is 0 Å². The predicted octanol–water partition coefficient (Wildman–Crippen LogP) is 3.08. The molecule has 2 nitrogen and oxygen atoms in total. The minimum Gasteiger partial charge on any atom is -0.383 e. The summed E-state index contributed by atoms with van der Waals surface area (Å²) in [5.74, 6) is 0. The van der Waals surface area contributed by atoms with Gasteiger partial charge in [0.05, 0.1) is 6.10 Å². The lowest BCUT2D eigenvalue weighted by molar-refractivity contribution is -0.0762. The molecular formula is C15H18O2. The van der Waals surface area contributed by atoms with Crippen molar-refractivity contribution in [3.05, 3.63) is 48.0 Å². The first kappa shape index (κ1) is 12.1. The first-order valence-corrected chi connectivity index (χ1v) is 5.80. The summed E-state index contributed by atoms with van der Waals surface area (Å²) in [6.07, 6.45) is -0.256. The summed E-state index contributed by atoms with van der Waals surface area (Å²) in [5, 5.41) is 12.8. The lowest BCUT2D eigenvalue weighted by atomic mass is 9.87. The number of methoxy groups -OCH3 is 1. The molecule has 0 fully saturated rings. The van der Waals surface area contributed by atoms with Crippen molar-refractivity contribution in [2.45, 2.75) is 25.6 Å². The molecule has 2 unspecified atom stereocenters. The molecule has 0 radical (unpaired) electrons. The second-order valence-corrected chi connectivity index (χ2v) is 4.55. The van der Waals surface area contributed by atoms with Crippen molar-refractivity contribution in [1.82, 2.24) is 0 Å². The van der Waals surface area contributed by atoms with Gasteiger partial charge in [-0.05, 0) is 30.2 Å². The van der Waals surface area contributed by atoms with Crippen LogP contribution in [-0.2, 0) is 10.3 Å². The maximum atomic E-state index is 10.6. The zero-order chi connectivity index (χ0) is 12.5. The van der Waals surface area contributed by atoms with Crippen LogP contribution in [0.3, 0.4) is 0 Å². The molecule has 0 saturated carbocycles. The van der Waals surface area contributed by atoms with E-state index in [9.17, 15) is 5.11 Å². The highest BCUT2D eigenvalue weighted by atomic mass is 16.5. The number of ether oxygens (including phenoxy) is 1. The van der Waals surface area contributed by atoms with Crippen molar-refractivity contribution >= 4 is 10.8 Å². The number of rotatable bonds is 3. The first-order chi connectivity index (χ1) is 8.07. The number of hydrogen-bond acceptors (Lipinski definition) is 2. The molecule has 0 aromatic heterocycles. The third-order valence-electron chi connectivity index (χ3n) is 3.48. The lowest BCUT2D eigenvalue weighted by Crippen LogP contribution is -2.35. The second-order valence-electron chi connectivity index (χ2n) is 4.55. The quantitative estimate of drug-likeness (QED) is 0.878. The molecule has 2 heteroatoms. The Kier molecular flexibility index (Phi) is 3.18.